The van der Waals surface area contributed by atoms with Crippen molar-refractivity contribution in [2.75, 3.05) is 19.5 Å². The van der Waals surface area contributed by atoms with Crippen LogP contribution in [-0.4, -0.2) is 19.2 Å². The Kier molecular flexibility index (Phi) is 5.73. The second-order valence-electron chi connectivity index (χ2n) is 6.05. The molecule has 7 heteroatoms. The smallest absolute Gasteiger partial charge is 0.416 e. The van der Waals surface area contributed by atoms with E-state index in [-0.39, 0.29) is 6.54 Å². The minimum Gasteiger partial charge on any atom is -0.493 e. The summed E-state index contributed by atoms with van der Waals surface area (Å²) in [5.41, 5.74) is 1.65. The van der Waals surface area contributed by atoms with Crippen molar-refractivity contribution in [3.63, 3.8) is 0 Å². The predicted octanol–water partition coefficient (Wildman–Crippen LogP) is 5.40. The summed E-state index contributed by atoms with van der Waals surface area (Å²) >= 11 is 0. The molecular formula is C21H19F3N2O2. The van der Waals surface area contributed by atoms with E-state index < -0.39 is 11.7 Å². The van der Waals surface area contributed by atoms with Crippen LogP contribution in [0.1, 0.15) is 11.1 Å². The van der Waals surface area contributed by atoms with Crippen molar-refractivity contribution in [1.82, 2.24) is 4.98 Å². The molecular weight excluding hydrogens is 369 g/mol. The van der Waals surface area contributed by atoms with Gasteiger partial charge in [-0.25, -0.2) is 4.98 Å². The quantitative estimate of drug-likeness (QED) is 0.614. The molecule has 3 aromatic rings. The number of nitrogens with zero attached hydrogens (tertiary/aromatic N) is 1. The molecule has 0 amide bonds. The Bertz CT molecular complexity index is 958. The summed E-state index contributed by atoms with van der Waals surface area (Å²) in [5, 5.41) is 3.07. The Morgan fingerprint density at radius 1 is 0.893 bits per heavy atom. The molecule has 3 rings (SSSR count). The van der Waals surface area contributed by atoms with Crippen LogP contribution in [0.3, 0.4) is 0 Å². The number of aromatic nitrogens is 1. The van der Waals surface area contributed by atoms with Gasteiger partial charge in [0.1, 0.15) is 5.82 Å². The molecule has 0 spiro atoms. The first kappa shape index (κ1) is 19.5. The molecule has 0 bridgehead atoms. The summed E-state index contributed by atoms with van der Waals surface area (Å²) in [6.07, 6.45) is -2.72. The fourth-order valence-electron chi connectivity index (χ4n) is 2.77. The molecule has 1 aromatic heterocycles. The van der Waals surface area contributed by atoms with Crippen LogP contribution in [-0.2, 0) is 12.7 Å². The maximum atomic E-state index is 12.8. The number of hydrogen-bond acceptors (Lipinski definition) is 4. The Morgan fingerprint density at radius 2 is 1.64 bits per heavy atom. The van der Waals surface area contributed by atoms with E-state index in [1.165, 1.54) is 6.07 Å². The number of hydrogen-bond donors (Lipinski definition) is 1. The van der Waals surface area contributed by atoms with Crippen LogP contribution in [0.5, 0.6) is 11.5 Å². The van der Waals surface area contributed by atoms with Crippen LogP contribution < -0.4 is 14.8 Å². The van der Waals surface area contributed by atoms with E-state index in [2.05, 4.69) is 10.3 Å². The second kappa shape index (κ2) is 8.21. The molecule has 0 atom stereocenters. The van der Waals surface area contributed by atoms with E-state index in [0.29, 0.717) is 22.9 Å². The van der Waals surface area contributed by atoms with Crippen molar-refractivity contribution in [2.24, 2.45) is 0 Å². The molecule has 1 heterocycles. The van der Waals surface area contributed by atoms with Crippen molar-refractivity contribution in [3.05, 3.63) is 71.9 Å². The van der Waals surface area contributed by atoms with Gasteiger partial charge < -0.3 is 14.8 Å². The van der Waals surface area contributed by atoms with Gasteiger partial charge in [-0.15, -0.1) is 0 Å². The Labute approximate surface area is 160 Å². The molecule has 0 unspecified atom stereocenters. The number of rotatable bonds is 6. The molecule has 0 aliphatic heterocycles. The number of nitrogens with one attached hydrogen (secondary N) is 1. The van der Waals surface area contributed by atoms with E-state index in [4.69, 9.17) is 9.47 Å². The highest BCUT2D eigenvalue weighted by molar-refractivity contribution is 5.69. The number of benzene rings is 2. The van der Waals surface area contributed by atoms with Gasteiger partial charge in [-0.05, 0) is 53.1 Å². The van der Waals surface area contributed by atoms with Crippen molar-refractivity contribution >= 4 is 5.82 Å². The molecule has 146 valence electrons. The van der Waals surface area contributed by atoms with Gasteiger partial charge in [0.2, 0.25) is 0 Å². The van der Waals surface area contributed by atoms with Crippen LogP contribution >= 0.6 is 0 Å². The Morgan fingerprint density at radius 3 is 2.36 bits per heavy atom. The van der Waals surface area contributed by atoms with Gasteiger partial charge in [-0.3, -0.25) is 0 Å². The third kappa shape index (κ3) is 4.54. The zero-order chi connectivity index (χ0) is 20.1. The minimum absolute atomic E-state index is 0.228. The first-order valence-electron chi connectivity index (χ1n) is 8.49. The maximum absolute atomic E-state index is 12.8. The lowest BCUT2D eigenvalue weighted by molar-refractivity contribution is -0.137. The van der Waals surface area contributed by atoms with Gasteiger partial charge in [0.25, 0.3) is 0 Å². The zero-order valence-corrected chi connectivity index (χ0v) is 15.4. The third-order valence-electron chi connectivity index (χ3n) is 4.20. The second-order valence-corrected chi connectivity index (χ2v) is 6.05. The van der Waals surface area contributed by atoms with Crippen LogP contribution in [0.2, 0.25) is 0 Å². The SMILES string of the molecule is COc1ccc(-c2ccnc(NCc3cccc(C(F)(F)F)c3)c2)cc1OC. The van der Waals surface area contributed by atoms with E-state index >= 15 is 0 Å². The highest BCUT2D eigenvalue weighted by atomic mass is 19.4. The topological polar surface area (TPSA) is 43.4 Å². The molecule has 0 saturated carbocycles. The average molecular weight is 388 g/mol. The van der Waals surface area contributed by atoms with Gasteiger partial charge in [-0.2, -0.15) is 13.2 Å². The first-order valence-corrected chi connectivity index (χ1v) is 8.49. The number of alkyl halides is 3. The molecule has 0 saturated heterocycles. The molecule has 0 aliphatic rings. The van der Waals surface area contributed by atoms with Gasteiger partial charge in [-0.1, -0.05) is 18.2 Å². The lowest BCUT2D eigenvalue weighted by Gasteiger charge is -2.12. The normalized spacial score (nSPS) is 11.2. The predicted molar refractivity (Wildman–Crippen MR) is 102 cm³/mol. The fourth-order valence-corrected chi connectivity index (χ4v) is 2.77. The number of anilines is 1. The monoisotopic (exact) mass is 388 g/mol. The van der Waals surface area contributed by atoms with Crippen LogP contribution in [0.15, 0.2) is 60.8 Å². The highest BCUT2D eigenvalue weighted by Gasteiger charge is 2.30. The first-order chi connectivity index (χ1) is 13.4. The molecule has 28 heavy (non-hydrogen) atoms. The largest absolute Gasteiger partial charge is 0.493 e. The summed E-state index contributed by atoms with van der Waals surface area (Å²) < 4.78 is 49.1. The Balaban J connectivity index is 1.77. The molecule has 1 N–H and O–H groups in total. The van der Waals surface area contributed by atoms with Crippen molar-refractivity contribution in [3.8, 4) is 22.6 Å². The lowest BCUT2D eigenvalue weighted by atomic mass is 10.1. The number of pyridine rings is 1. The lowest BCUT2D eigenvalue weighted by Crippen LogP contribution is -2.07. The average Bonchev–Trinajstić information content (AvgIpc) is 2.71. The summed E-state index contributed by atoms with van der Waals surface area (Å²) in [5.74, 6) is 1.79. The van der Waals surface area contributed by atoms with Crippen LogP contribution in [0.25, 0.3) is 11.1 Å². The van der Waals surface area contributed by atoms with Crippen molar-refractivity contribution in [2.45, 2.75) is 12.7 Å². The molecule has 0 aliphatic carbocycles. The minimum atomic E-state index is -4.36. The zero-order valence-electron chi connectivity index (χ0n) is 15.4. The standard InChI is InChI=1S/C21H19F3N2O2/c1-27-18-7-6-15(11-19(18)28-2)16-8-9-25-20(12-16)26-13-14-4-3-5-17(10-14)21(22,23)24/h3-12H,13H2,1-2H3,(H,25,26). The fraction of sp³-hybridized carbons (Fsp3) is 0.190. The van der Waals surface area contributed by atoms with Gasteiger partial charge in [0, 0.05) is 12.7 Å². The molecule has 0 radical (unpaired) electrons. The molecule has 4 nitrogen and oxygen atoms in total. The van der Waals surface area contributed by atoms with Crippen molar-refractivity contribution in [1.29, 1.82) is 0 Å². The van der Waals surface area contributed by atoms with E-state index in [1.807, 2.05) is 30.3 Å². The van der Waals surface area contributed by atoms with Gasteiger partial charge >= 0.3 is 6.18 Å². The Hall–Kier alpha value is -3.22. The summed E-state index contributed by atoms with van der Waals surface area (Å²) in [7, 11) is 3.13. The van der Waals surface area contributed by atoms with Crippen LogP contribution in [0.4, 0.5) is 19.0 Å². The highest BCUT2D eigenvalue weighted by Crippen LogP contribution is 2.33. The number of halogens is 3. The van der Waals surface area contributed by atoms with E-state index in [0.717, 1.165) is 23.3 Å². The number of methoxy groups -OCH3 is 2. The van der Waals surface area contributed by atoms with E-state index in [9.17, 15) is 13.2 Å². The van der Waals surface area contributed by atoms with E-state index in [1.54, 1.807) is 26.5 Å². The van der Waals surface area contributed by atoms with Crippen LogP contribution in [0, 0.1) is 0 Å². The number of ether oxygens (including phenoxy) is 2. The van der Waals surface area contributed by atoms with Crippen molar-refractivity contribution < 1.29 is 22.6 Å². The summed E-state index contributed by atoms with van der Waals surface area (Å²) in [4.78, 5) is 4.24. The molecule has 2 aromatic carbocycles. The summed E-state index contributed by atoms with van der Waals surface area (Å²) in [6.45, 7) is 0.228. The van der Waals surface area contributed by atoms with Gasteiger partial charge in [0.15, 0.2) is 11.5 Å². The van der Waals surface area contributed by atoms with Gasteiger partial charge in [0.05, 0.1) is 19.8 Å². The summed E-state index contributed by atoms with van der Waals surface area (Å²) in [6, 6.07) is 14.5. The molecule has 0 fully saturated rings. The third-order valence-corrected chi connectivity index (χ3v) is 4.20. The maximum Gasteiger partial charge on any atom is 0.416 e.